The van der Waals surface area contributed by atoms with E-state index in [2.05, 4.69) is 21.2 Å². The highest BCUT2D eigenvalue weighted by Gasteiger charge is 2.05. The summed E-state index contributed by atoms with van der Waals surface area (Å²) in [5, 5.41) is 2.72. The van der Waals surface area contributed by atoms with Gasteiger partial charge in [-0.1, -0.05) is 34.1 Å². The highest BCUT2D eigenvalue weighted by Crippen LogP contribution is 2.16. The van der Waals surface area contributed by atoms with Crippen LogP contribution in [-0.4, -0.2) is 18.8 Å². The zero-order valence-corrected chi connectivity index (χ0v) is 14.2. The lowest BCUT2D eigenvalue weighted by Gasteiger charge is -2.08. The van der Waals surface area contributed by atoms with E-state index in [1.807, 2.05) is 24.3 Å². The first-order valence-corrected chi connectivity index (χ1v) is 7.77. The van der Waals surface area contributed by atoms with Crippen molar-refractivity contribution in [1.82, 2.24) is 5.32 Å². The Bertz CT molecular complexity index is 723. The Balaban J connectivity index is 1.91. The largest absolute Gasteiger partial charge is 0.496 e. The number of hydrogen-bond acceptors (Lipinski definition) is 3. The maximum absolute atomic E-state index is 11.9. The fourth-order valence-corrected chi connectivity index (χ4v) is 2.22. The second kappa shape index (κ2) is 8.29. The van der Waals surface area contributed by atoms with Gasteiger partial charge in [0, 0.05) is 28.2 Å². The van der Waals surface area contributed by atoms with Gasteiger partial charge in [-0.2, -0.15) is 0 Å². The first kappa shape index (κ1) is 17.0. The molecule has 0 spiro atoms. The van der Waals surface area contributed by atoms with Crippen molar-refractivity contribution >= 4 is 27.6 Å². The van der Waals surface area contributed by atoms with Gasteiger partial charge in [-0.25, -0.2) is 0 Å². The van der Waals surface area contributed by atoms with E-state index in [-0.39, 0.29) is 11.7 Å². The molecule has 0 aliphatic rings. The van der Waals surface area contributed by atoms with E-state index in [9.17, 15) is 9.59 Å². The topological polar surface area (TPSA) is 55.4 Å². The molecule has 0 saturated heterocycles. The van der Waals surface area contributed by atoms with Crippen LogP contribution in [-0.2, 0) is 11.3 Å². The molecule has 0 unspecified atom stereocenters. The molecule has 0 aromatic heterocycles. The van der Waals surface area contributed by atoms with Gasteiger partial charge in [0.1, 0.15) is 5.75 Å². The van der Waals surface area contributed by atoms with Crippen LogP contribution in [0.4, 0.5) is 0 Å². The summed E-state index contributed by atoms with van der Waals surface area (Å²) in [7, 11) is 1.58. The minimum Gasteiger partial charge on any atom is -0.496 e. The number of carbonyl (C=O) groups is 2. The number of allylic oxidation sites excluding steroid dienone is 1. The summed E-state index contributed by atoms with van der Waals surface area (Å²) in [4.78, 5) is 23.7. The summed E-state index contributed by atoms with van der Waals surface area (Å²) in [5.41, 5.74) is 1.40. The lowest BCUT2D eigenvalue weighted by Crippen LogP contribution is -2.20. The average molecular weight is 374 g/mol. The van der Waals surface area contributed by atoms with Crippen molar-refractivity contribution in [2.45, 2.75) is 6.54 Å². The first-order chi connectivity index (χ1) is 11.1. The Morgan fingerprint density at radius 2 is 1.78 bits per heavy atom. The van der Waals surface area contributed by atoms with Gasteiger partial charge in [0.25, 0.3) is 0 Å². The molecular weight excluding hydrogens is 358 g/mol. The van der Waals surface area contributed by atoms with Crippen molar-refractivity contribution < 1.29 is 14.3 Å². The molecule has 2 aromatic carbocycles. The van der Waals surface area contributed by atoms with Crippen LogP contribution in [0.1, 0.15) is 15.9 Å². The Morgan fingerprint density at radius 1 is 1.09 bits per heavy atom. The van der Waals surface area contributed by atoms with Gasteiger partial charge >= 0.3 is 0 Å². The summed E-state index contributed by atoms with van der Waals surface area (Å²) in [6, 6.07) is 14.4. The molecule has 5 heteroatoms. The van der Waals surface area contributed by atoms with Crippen molar-refractivity contribution in [1.29, 1.82) is 0 Å². The number of benzene rings is 2. The normalized spacial score (nSPS) is 10.5. The van der Waals surface area contributed by atoms with Crippen LogP contribution >= 0.6 is 15.9 Å². The molecule has 118 valence electrons. The first-order valence-electron chi connectivity index (χ1n) is 6.98. The van der Waals surface area contributed by atoms with Gasteiger partial charge in [0.2, 0.25) is 5.91 Å². The van der Waals surface area contributed by atoms with Crippen LogP contribution in [0.5, 0.6) is 5.75 Å². The molecule has 0 aliphatic carbocycles. The summed E-state index contributed by atoms with van der Waals surface area (Å²) >= 11 is 3.31. The highest BCUT2D eigenvalue weighted by atomic mass is 79.9. The number of hydrogen-bond donors (Lipinski definition) is 1. The predicted octanol–water partition coefficient (Wildman–Crippen LogP) is 3.51. The van der Waals surface area contributed by atoms with E-state index >= 15 is 0 Å². The van der Waals surface area contributed by atoms with E-state index in [1.54, 1.807) is 31.4 Å². The van der Waals surface area contributed by atoms with E-state index in [0.29, 0.717) is 17.9 Å². The van der Waals surface area contributed by atoms with Crippen LogP contribution in [0.3, 0.4) is 0 Å². The quantitative estimate of drug-likeness (QED) is 0.622. The van der Waals surface area contributed by atoms with Gasteiger partial charge in [0.15, 0.2) is 5.78 Å². The van der Waals surface area contributed by atoms with Gasteiger partial charge in [0.05, 0.1) is 7.11 Å². The molecule has 0 aliphatic heterocycles. The van der Waals surface area contributed by atoms with Crippen molar-refractivity contribution in [2.24, 2.45) is 0 Å². The predicted molar refractivity (Wildman–Crippen MR) is 92.5 cm³/mol. The molecule has 0 heterocycles. The zero-order chi connectivity index (χ0) is 16.7. The fraction of sp³-hybridized carbons (Fsp3) is 0.111. The van der Waals surface area contributed by atoms with Crippen LogP contribution in [0.25, 0.3) is 0 Å². The minimum atomic E-state index is -0.332. The number of nitrogens with one attached hydrogen (secondary N) is 1. The molecule has 0 atom stereocenters. The van der Waals surface area contributed by atoms with E-state index in [4.69, 9.17) is 4.74 Å². The smallest absolute Gasteiger partial charge is 0.244 e. The number of amides is 1. The average Bonchev–Trinajstić information content (AvgIpc) is 2.58. The van der Waals surface area contributed by atoms with Crippen LogP contribution in [0, 0.1) is 0 Å². The lowest BCUT2D eigenvalue weighted by atomic mass is 10.1. The van der Waals surface area contributed by atoms with Gasteiger partial charge in [-0.3, -0.25) is 9.59 Å². The number of para-hydroxylation sites is 1. The number of rotatable bonds is 6. The van der Waals surface area contributed by atoms with Gasteiger partial charge in [-0.05, 0) is 36.4 Å². The second-order valence-corrected chi connectivity index (χ2v) is 5.65. The van der Waals surface area contributed by atoms with Crippen molar-refractivity contribution in [2.75, 3.05) is 7.11 Å². The molecule has 0 saturated carbocycles. The van der Waals surface area contributed by atoms with Gasteiger partial charge in [-0.15, -0.1) is 0 Å². The monoisotopic (exact) mass is 373 g/mol. The van der Waals surface area contributed by atoms with Crippen LogP contribution in [0.15, 0.2) is 65.2 Å². The van der Waals surface area contributed by atoms with E-state index in [0.717, 1.165) is 10.0 Å². The second-order valence-electron chi connectivity index (χ2n) is 4.73. The third kappa shape index (κ3) is 5.07. The number of halogens is 1. The third-order valence-electron chi connectivity index (χ3n) is 3.16. The maximum atomic E-state index is 11.9. The lowest BCUT2D eigenvalue weighted by molar-refractivity contribution is -0.116. The number of ketones is 1. The standard InChI is InChI=1S/C18H16BrNO3/c1-23-17-5-3-2-4-14(17)12-20-18(22)11-10-16(21)13-6-8-15(19)9-7-13/h2-11H,12H2,1H3,(H,20,22)/b11-10+. The van der Waals surface area contributed by atoms with Crippen molar-refractivity contribution in [3.8, 4) is 5.75 Å². The third-order valence-corrected chi connectivity index (χ3v) is 3.69. The van der Waals surface area contributed by atoms with Crippen LogP contribution in [0.2, 0.25) is 0 Å². The highest BCUT2D eigenvalue weighted by molar-refractivity contribution is 9.10. The van der Waals surface area contributed by atoms with Crippen LogP contribution < -0.4 is 10.1 Å². The molecule has 23 heavy (non-hydrogen) atoms. The Morgan fingerprint density at radius 3 is 2.48 bits per heavy atom. The number of methoxy groups -OCH3 is 1. The van der Waals surface area contributed by atoms with E-state index in [1.165, 1.54) is 12.2 Å². The molecule has 0 fully saturated rings. The van der Waals surface area contributed by atoms with Crippen molar-refractivity contribution in [3.05, 3.63) is 76.3 Å². The number of ether oxygens (including phenoxy) is 1. The summed E-state index contributed by atoms with van der Waals surface area (Å²) in [5.74, 6) is 0.161. The SMILES string of the molecule is COc1ccccc1CNC(=O)/C=C/C(=O)c1ccc(Br)cc1. The Hall–Kier alpha value is -2.40. The molecule has 1 amide bonds. The fourth-order valence-electron chi connectivity index (χ4n) is 1.95. The molecular formula is C18H16BrNO3. The molecule has 0 bridgehead atoms. The molecule has 2 rings (SSSR count). The molecule has 4 nitrogen and oxygen atoms in total. The van der Waals surface area contributed by atoms with E-state index < -0.39 is 0 Å². The van der Waals surface area contributed by atoms with Gasteiger partial charge < -0.3 is 10.1 Å². The number of carbonyl (C=O) groups excluding carboxylic acids is 2. The maximum Gasteiger partial charge on any atom is 0.244 e. The molecule has 0 radical (unpaired) electrons. The Labute approximate surface area is 143 Å². The molecule has 2 aromatic rings. The summed E-state index contributed by atoms with van der Waals surface area (Å²) < 4.78 is 6.11. The summed E-state index contributed by atoms with van der Waals surface area (Å²) in [6.45, 7) is 0.333. The molecule has 1 N–H and O–H groups in total. The Kier molecular flexibility index (Phi) is 6.11. The summed E-state index contributed by atoms with van der Waals surface area (Å²) in [6.07, 6.45) is 2.50. The minimum absolute atomic E-state index is 0.218. The van der Waals surface area contributed by atoms with Crippen molar-refractivity contribution in [3.63, 3.8) is 0 Å². The zero-order valence-electron chi connectivity index (χ0n) is 12.6.